The highest BCUT2D eigenvalue weighted by Crippen LogP contribution is 2.15. The molecule has 15 heavy (non-hydrogen) atoms. The van der Waals surface area contributed by atoms with Gasteiger partial charge in [-0.25, -0.2) is 0 Å². The molecule has 0 saturated carbocycles. The van der Waals surface area contributed by atoms with Gasteiger partial charge in [-0.3, -0.25) is 4.79 Å². The smallest absolute Gasteiger partial charge is 0.303 e. The van der Waals surface area contributed by atoms with Gasteiger partial charge < -0.3 is 10.8 Å². The first-order valence-corrected chi connectivity index (χ1v) is 4.72. The monoisotopic (exact) mass is 229 g/mol. The van der Waals surface area contributed by atoms with Crippen molar-refractivity contribution < 1.29 is 9.90 Å². The van der Waals surface area contributed by atoms with Gasteiger partial charge in [0, 0.05) is 12.5 Å². The van der Waals surface area contributed by atoms with Gasteiger partial charge in [-0.1, -0.05) is 30.3 Å². The number of carbonyl (C=O) groups is 1. The number of hydrogen-bond donors (Lipinski definition) is 2. The fourth-order valence-corrected chi connectivity index (χ4v) is 1.34. The Bertz CT molecular complexity index is 290. The van der Waals surface area contributed by atoms with E-state index in [0.29, 0.717) is 6.42 Å². The molecule has 1 unspecified atom stereocenters. The van der Waals surface area contributed by atoms with Crippen LogP contribution in [0.15, 0.2) is 30.3 Å². The molecule has 4 heteroatoms. The van der Waals surface area contributed by atoms with Gasteiger partial charge in [-0.15, -0.1) is 12.4 Å². The van der Waals surface area contributed by atoms with Crippen molar-refractivity contribution in [3.63, 3.8) is 0 Å². The molecule has 1 rings (SSSR count). The number of hydrogen-bond acceptors (Lipinski definition) is 2. The molecule has 1 atom stereocenters. The van der Waals surface area contributed by atoms with Gasteiger partial charge in [-0.05, 0) is 18.4 Å². The van der Waals surface area contributed by atoms with E-state index in [2.05, 4.69) is 0 Å². The quantitative estimate of drug-likeness (QED) is 0.815. The van der Waals surface area contributed by atoms with E-state index in [1.54, 1.807) is 0 Å². The molecule has 0 amide bonds. The molecule has 0 bridgehead atoms. The summed E-state index contributed by atoms with van der Waals surface area (Å²) >= 11 is 0. The Morgan fingerprint density at radius 3 is 2.47 bits per heavy atom. The van der Waals surface area contributed by atoms with Crippen molar-refractivity contribution >= 4 is 18.4 Å². The van der Waals surface area contributed by atoms with E-state index in [1.165, 1.54) is 0 Å². The maximum absolute atomic E-state index is 10.3. The van der Waals surface area contributed by atoms with E-state index in [-0.39, 0.29) is 24.9 Å². The van der Waals surface area contributed by atoms with Crippen molar-refractivity contribution in [2.24, 2.45) is 5.73 Å². The second kappa shape index (κ2) is 7.26. The first-order valence-electron chi connectivity index (χ1n) is 4.72. The van der Waals surface area contributed by atoms with Gasteiger partial charge >= 0.3 is 5.97 Å². The Labute approximate surface area is 95.7 Å². The average Bonchev–Trinajstić information content (AvgIpc) is 2.18. The van der Waals surface area contributed by atoms with Crippen LogP contribution in [0, 0.1) is 0 Å². The van der Waals surface area contributed by atoms with Gasteiger partial charge in [0.2, 0.25) is 0 Å². The molecule has 3 N–H and O–H groups in total. The molecule has 84 valence electrons. The number of nitrogens with two attached hydrogens (primary N) is 1. The number of halogens is 1. The molecule has 0 radical (unpaired) electrons. The summed E-state index contributed by atoms with van der Waals surface area (Å²) in [5.41, 5.74) is 6.96. The van der Waals surface area contributed by atoms with E-state index >= 15 is 0 Å². The first-order chi connectivity index (χ1) is 6.70. The Balaban J connectivity index is 0.00000196. The summed E-state index contributed by atoms with van der Waals surface area (Å²) in [5, 5.41) is 8.46. The zero-order valence-electron chi connectivity index (χ0n) is 8.43. The molecule has 0 spiro atoms. The van der Waals surface area contributed by atoms with Crippen LogP contribution < -0.4 is 5.73 Å². The van der Waals surface area contributed by atoms with Crippen LogP contribution in [0.2, 0.25) is 0 Å². The van der Waals surface area contributed by atoms with Gasteiger partial charge in [0.05, 0.1) is 0 Å². The topological polar surface area (TPSA) is 63.3 Å². The second-order valence-electron chi connectivity index (χ2n) is 3.30. The van der Waals surface area contributed by atoms with Crippen molar-refractivity contribution in [3.8, 4) is 0 Å². The molecule has 0 aliphatic heterocycles. The van der Waals surface area contributed by atoms with Crippen LogP contribution in [0.5, 0.6) is 0 Å². The molecule has 0 heterocycles. The van der Waals surface area contributed by atoms with Crippen LogP contribution in [0.1, 0.15) is 30.9 Å². The summed E-state index contributed by atoms with van der Waals surface area (Å²) in [4.78, 5) is 10.3. The molecule has 0 aliphatic rings. The van der Waals surface area contributed by atoms with Crippen molar-refractivity contribution in [3.05, 3.63) is 35.9 Å². The van der Waals surface area contributed by atoms with Gasteiger partial charge in [0.15, 0.2) is 0 Å². The molecule has 1 aromatic carbocycles. The maximum Gasteiger partial charge on any atom is 0.303 e. The number of benzene rings is 1. The minimum atomic E-state index is -0.759. The molecular weight excluding hydrogens is 214 g/mol. The summed E-state index contributed by atoms with van der Waals surface area (Å²) in [5.74, 6) is -0.759. The Kier molecular flexibility index (Phi) is 6.75. The summed E-state index contributed by atoms with van der Waals surface area (Å²) in [6, 6.07) is 9.69. The largest absolute Gasteiger partial charge is 0.481 e. The SMILES string of the molecule is Cl.NC(CCCC(=O)O)c1ccccc1. The van der Waals surface area contributed by atoms with Crippen molar-refractivity contribution in [1.82, 2.24) is 0 Å². The highest BCUT2D eigenvalue weighted by Gasteiger charge is 2.05. The van der Waals surface area contributed by atoms with E-state index < -0.39 is 5.97 Å². The van der Waals surface area contributed by atoms with Crippen molar-refractivity contribution in [2.75, 3.05) is 0 Å². The maximum atomic E-state index is 10.3. The third kappa shape index (κ3) is 5.40. The summed E-state index contributed by atoms with van der Waals surface area (Å²) in [7, 11) is 0. The molecular formula is C11H16ClNO2. The lowest BCUT2D eigenvalue weighted by molar-refractivity contribution is -0.137. The highest BCUT2D eigenvalue weighted by molar-refractivity contribution is 5.85. The van der Waals surface area contributed by atoms with Crippen LogP contribution >= 0.6 is 12.4 Å². The normalized spacial score (nSPS) is 11.5. The zero-order chi connectivity index (χ0) is 10.4. The fraction of sp³-hybridized carbons (Fsp3) is 0.364. The van der Waals surface area contributed by atoms with Crippen LogP contribution in [-0.2, 0) is 4.79 Å². The average molecular weight is 230 g/mol. The minimum absolute atomic E-state index is 0. The van der Waals surface area contributed by atoms with Crippen LogP contribution in [0.4, 0.5) is 0 Å². The van der Waals surface area contributed by atoms with Crippen molar-refractivity contribution in [2.45, 2.75) is 25.3 Å². The number of carboxylic acids is 1. The Morgan fingerprint density at radius 2 is 1.93 bits per heavy atom. The van der Waals surface area contributed by atoms with Gasteiger partial charge in [0.1, 0.15) is 0 Å². The standard InChI is InChI=1S/C11H15NO2.ClH/c12-10(7-4-8-11(13)14)9-5-2-1-3-6-9;/h1-3,5-6,10H,4,7-8,12H2,(H,13,14);1H. The fourth-order valence-electron chi connectivity index (χ4n) is 1.34. The molecule has 0 fully saturated rings. The van der Waals surface area contributed by atoms with E-state index in [4.69, 9.17) is 10.8 Å². The third-order valence-corrected chi connectivity index (χ3v) is 2.13. The summed E-state index contributed by atoms with van der Waals surface area (Å²) in [6.07, 6.45) is 1.54. The van der Waals surface area contributed by atoms with Crippen LogP contribution in [0.25, 0.3) is 0 Å². The first kappa shape index (κ1) is 13.9. The third-order valence-electron chi connectivity index (χ3n) is 2.13. The minimum Gasteiger partial charge on any atom is -0.481 e. The van der Waals surface area contributed by atoms with E-state index in [0.717, 1.165) is 12.0 Å². The zero-order valence-corrected chi connectivity index (χ0v) is 9.24. The number of rotatable bonds is 5. The lowest BCUT2D eigenvalue weighted by Crippen LogP contribution is -2.10. The predicted octanol–water partition coefficient (Wildman–Crippen LogP) is 2.36. The Morgan fingerprint density at radius 1 is 1.33 bits per heavy atom. The van der Waals surface area contributed by atoms with E-state index in [9.17, 15) is 4.79 Å². The highest BCUT2D eigenvalue weighted by atomic mass is 35.5. The van der Waals surface area contributed by atoms with E-state index in [1.807, 2.05) is 30.3 Å². The van der Waals surface area contributed by atoms with Gasteiger partial charge in [-0.2, -0.15) is 0 Å². The van der Waals surface area contributed by atoms with Gasteiger partial charge in [0.25, 0.3) is 0 Å². The second-order valence-corrected chi connectivity index (χ2v) is 3.30. The van der Waals surface area contributed by atoms with Crippen LogP contribution in [0.3, 0.4) is 0 Å². The molecule has 1 aromatic rings. The predicted molar refractivity (Wildman–Crippen MR) is 62.1 cm³/mol. The lowest BCUT2D eigenvalue weighted by Gasteiger charge is -2.10. The molecule has 0 saturated heterocycles. The molecule has 0 aromatic heterocycles. The number of carboxylic acid groups (broad SMARTS) is 1. The lowest BCUT2D eigenvalue weighted by atomic mass is 10.0. The summed E-state index contributed by atoms with van der Waals surface area (Å²) < 4.78 is 0. The number of aliphatic carboxylic acids is 1. The van der Waals surface area contributed by atoms with Crippen LogP contribution in [-0.4, -0.2) is 11.1 Å². The molecule has 3 nitrogen and oxygen atoms in total. The van der Waals surface area contributed by atoms with Crippen molar-refractivity contribution in [1.29, 1.82) is 0 Å². The molecule has 0 aliphatic carbocycles. The Hall–Kier alpha value is -1.06. The summed E-state index contributed by atoms with van der Waals surface area (Å²) in [6.45, 7) is 0.